The van der Waals surface area contributed by atoms with Crippen LogP contribution in [-0.4, -0.2) is 23.7 Å². The number of alkyl halides is 3. The van der Waals surface area contributed by atoms with Gasteiger partial charge in [0.25, 0.3) is 5.24 Å². The molecule has 0 amide bonds. The minimum Gasteiger partial charge on any atom is -0.492 e. The van der Waals surface area contributed by atoms with Crippen LogP contribution in [0.15, 0.2) is 6.20 Å². The molecule has 17 heavy (non-hydrogen) atoms. The maximum Gasteiger partial charge on any atom is 0.573 e. The van der Waals surface area contributed by atoms with E-state index in [-0.39, 0.29) is 15.0 Å². The summed E-state index contributed by atoms with van der Waals surface area (Å²) in [6.45, 7) is 0. The lowest BCUT2D eigenvalue weighted by Crippen LogP contribution is -2.18. The van der Waals surface area contributed by atoms with Gasteiger partial charge in [-0.15, -0.1) is 13.2 Å². The maximum absolute atomic E-state index is 12.0. The molecule has 1 aromatic rings. The maximum atomic E-state index is 12.0. The van der Waals surface area contributed by atoms with Crippen molar-refractivity contribution in [3.8, 4) is 11.5 Å². The Balaban J connectivity index is 3.26. The summed E-state index contributed by atoms with van der Waals surface area (Å²) in [5.41, 5.74) is -0.196. The first kappa shape index (κ1) is 14.3. The van der Waals surface area contributed by atoms with Crippen LogP contribution in [0.3, 0.4) is 0 Å². The molecule has 0 saturated carbocycles. The number of methoxy groups -OCH3 is 1. The van der Waals surface area contributed by atoms with Crippen molar-refractivity contribution in [2.75, 3.05) is 7.11 Å². The predicted molar refractivity (Wildman–Crippen MR) is 60.4 cm³/mol. The predicted octanol–water partition coefficient (Wildman–Crippen LogP) is 2.97. The molecule has 9 heteroatoms. The second kappa shape index (κ2) is 5.25. The zero-order valence-corrected chi connectivity index (χ0v) is 11.1. The number of hydrogen-bond donors (Lipinski definition) is 0. The third-order valence-electron chi connectivity index (χ3n) is 1.56. The molecule has 94 valence electrons. The molecule has 1 rings (SSSR count). The van der Waals surface area contributed by atoms with Gasteiger partial charge in [0.2, 0.25) is 0 Å². The molecule has 0 bridgehead atoms. The van der Waals surface area contributed by atoms with E-state index in [4.69, 9.17) is 16.3 Å². The Bertz CT molecular complexity index is 452. The standard InChI is InChI=1S/C8H4ClF3INO3/c1-16-6-3(17-8(10,11)12)2-14-5(4(6)13)7(9)15/h2H,1H3. The summed E-state index contributed by atoms with van der Waals surface area (Å²) in [5, 5.41) is -0.897. The van der Waals surface area contributed by atoms with E-state index >= 15 is 0 Å². The van der Waals surface area contributed by atoms with E-state index < -0.39 is 17.4 Å². The Morgan fingerprint density at radius 1 is 1.53 bits per heavy atom. The Morgan fingerprint density at radius 2 is 2.12 bits per heavy atom. The van der Waals surface area contributed by atoms with Crippen molar-refractivity contribution in [1.29, 1.82) is 0 Å². The monoisotopic (exact) mass is 381 g/mol. The third kappa shape index (κ3) is 3.60. The lowest BCUT2D eigenvalue weighted by molar-refractivity contribution is -0.275. The van der Waals surface area contributed by atoms with E-state index in [1.165, 1.54) is 0 Å². The fourth-order valence-corrected chi connectivity index (χ4v) is 2.15. The largest absolute Gasteiger partial charge is 0.573 e. The number of carbonyl (C=O) groups is 1. The van der Waals surface area contributed by atoms with Crippen molar-refractivity contribution in [3.05, 3.63) is 15.5 Å². The van der Waals surface area contributed by atoms with Gasteiger partial charge in [0.05, 0.1) is 16.9 Å². The van der Waals surface area contributed by atoms with Crippen molar-refractivity contribution in [2.45, 2.75) is 6.36 Å². The zero-order valence-electron chi connectivity index (χ0n) is 8.14. The van der Waals surface area contributed by atoms with Crippen LogP contribution in [0.1, 0.15) is 10.5 Å². The number of hydrogen-bond acceptors (Lipinski definition) is 4. The molecule has 1 heterocycles. The van der Waals surface area contributed by atoms with Crippen LogP contribution in [0.4, 0.5) is 13.2 Å². The van der Waals surface area contributed by atoms with Crippen molar-refractivity contribution >= 4 is 39.4 Å². The second-order valence-electron chi connectivity index (χ2n) is 2.64. The molecule has 0 radical (unpaired) electrons. The Morgan fingerprint density at radius 3 is 2.53 bits per heavy atom. The van der Waals surface area contributed by atoms with E-state index in [9.17, 15) is 18.0 Å². The first-order chi connectivity index (χ1) is 7.76. The van der Waals surface area contributed by atoms with Gasteiger partial charge in [-0.2, -0.15) is 0 Å². The smallest absolute Gasteiger partial charge is 0.492 e. The van der Waals surface area contributed by atoms with Gasteiger partial charge >= 0.3 is 6.36 Å². The number of carbonyl (C=O) groups excluding carboxylic acids is 1. The molecule has 1 aromatic heterocycles. The van der Waals surface area contributed by atoms with Crippen LogP contribution in [0.25, 0.3) is 0 Å². The summed E-state index contributed by atoms with van der Waals surface area (Å²) in [7, 11) is 1.14. The molecule has 0 saturated heterocycles. The topological polar surface area (TPSA) is 48.4 Å². The van der Waals surface area contributed by atoms with Gasteiger partial charge < -0.3 is 9.47 Å². The highest BCUT2D eigenvalue weighted by atomic mass is 127. The minimum atomic E-state index is -4.87. The summed E-state index contributed by atoms with van der Waals surface area (Å²) >= 11 is 6.79. The molecule has 0 unspecified atom stereocenters. The quantitative estimate of drug-likeness (QED) is 0.597. The Labute approximate surface area is 112 Å². The molecule has 0 aliphatic carbocycles. The normalized spacial score (nSPS) is 11.2. The van der Waals surface area contributed by atoms with Crippen LogP contribution in [0.5, 0.6) is 11.5 Å². The van der Waals surface area contributed by atoms with E-state index in [1.807, 2.05) is 0 Å². The summed E-state index contributed by atoms with van der Waals surface area (Å²) in [6, 6.07) is 0. The molecule has 0 fully saturated rings. The molecule has 0 aliphatic heterocycles. The number of ether oxygens (including phenoxy) is 2. The van der Waals surface area contributed by atoms with Crippen LogP contribution in [0, 0.1) is 3.57 Å². The first-order valence-electron chi connectivity index (χ1n) is 3.94. The van der Waals surface area contributed by atoms with Crippen molar-refractivity contribution in [3.63, 3.8) is 0 Å². The molecule has 4 nitrogen and oxygen atoms in total. The van der Waals surface area contributed by atoms with Crippen LogP contribution >= 0.6 is 34.2 Å². The number of halogens is 5. The van der Waals surface area contributed by atoms with Gasteiger partial charge in [0.15, 0.2) is 11.5 Å². The van der Waals surface area contributed by atoms with E-state index in [0.717, 1.165) is 13.3 Å². The lowest BCUT2D eigenvalue weighted by Gasteiger charge is -2.13. The second-order valence-corrected chi connectivity index (χ2v) is 4.06. The lowest BCUT2D eigenvalue weighted by atomic mass is 10.3. The van der Waals surface area contributed by atoms with E-state index in [1.54, 1.807) is 22.6 Å². The van der Waals surface area contributed by atoms with Gasteiger partial charge in [-0.25, -0.2) is 4.98 Å². The highest BCUT2D eigenvalue weighted by molar-refractivity contribution is 14.1. The summed E-state index contributed by atoms with van der Waals surface area (Å²) in [5.74, 6) is -0.881. The highest BCUT2D eigenvalue weighted by Crippen LogP contribution is 2.36. The van der Waals surface area contributed by atoms with Crippen LogP contribution < -0.4 is 9.47 Å². The van der Waals surface area contributed by atoms with Gasteiger partial charge in [-0.3, -0.25) is 4.79 Å². The number of nitrogens with zero attached hydrogens (tertiary/aromatic N) is 1. The molecule has 0 atom stereocenters. The number of aromatic nitrogens is 1. The van der Waals surface area contributed by atoms with Crippen LogP contribution in [0.2, 0.25) is 0 Å². The van der Waals surface area contributed by atoms with Gasteiger partial charge in [0.1, 0.15) is 5.69 Å². The summed E-state index contributed by atoms with van der Waals surface area (Å²) < 4.78 is 44.6. The highest BCUT2D eigenvalue weighted by Gasteiger charge is 2.33. The molecule has 0 aromatic carbocycles. The fraction of sp³-hybridized carbons (Fsp3) is 0.250. The molecule has 0 spiro atoms. The summed E-state index contributed by atoms with van der Waals surface area (Å²) in [4.78, 5) is 14.4. The average Bonchev–Trinajstić information content (AvgIpc) is 2.15. The number of pyridine rings is 1. The van der Waals surface area contributed by atoms with Gasteiger partial charge in [0, 0.05) is 0 Å². The SMILES string of the molecule is COc1c(OC(F)(F)F)cnc(C(=O)Cl)c1I. The van der Waals surface area contributed by atoms with E-state index in [0.29, 0.717) is 0 Å². The first-order valence-corrected chi connectivity index (χ1v) is 5.40. The fourth-order valence-electron chi connectivity index (χ4n) is 0.979. The average molecular weight is 381 g/mol. The molecular formula is C8H4ClF3INO3. The van der Waals surface area contributed by atoms with Gasteiger partial charge in [-0.05, 0) is 34.2 Å². The Hall–Kier alpha value is -0.770. The van der Waals surface area contributed by atoms with Crippen LogP contribution in [-0.2, 0) is 0 Å². The third-order valence-corrected chi connectivity index (χ3v) is 2.74. The van der Waals surface area contributed by atoms with E-state index in [2.05, 4.69) is 9.72 Å². The summed E-state index contributed by atoms with van der Waals surface area (Å²) in [6.07, 6.45) is -4.14. The van der Waals surface area contributed by atoms with Crippen molar-refractivity contribution < 1.29 is 27.4 Å². The van der Waals surface area contributed by atoms with Crippen molar-refractivity contribution in [2.24, 2.45) is 0 Å². The minimum absolute atomic E-state index is 0.0480. The zero-order chi connectivity index (χ0) is 13.2. The number of rotatable bonds is 3. The molecule has 0 N–H and O–H groups in total. The molecular weight excluding hydrogens is 377 g/mol. The van der Waals surface area contributed by atoms with Gasteiger partial charge in [-0.1, -0.05) is 0 Å². The van der Waals surface area contributed by atoms with Crippen molar-refractivity contribution in [1.82, 2.24) is 4.98 Å². The Kier molecular flexibility index (Phi) is 4.42. The molecule has 0 aliphatic rings.